The zero-order valence-electron chi connectivity index (χ0n) is 10.6. The number of hydrogen-bond acceptors (Lipinski definition) is 4. The number of halogens is 3. The molecular weight excluding hydrogens is 309 g/mol. The quantitative estimate of drug-likeness (QED) is 0.786. The van der Waals surface area contributed by atoms with Crippen molar-refractivity contribution in [1.82, 2.24) is 0 Å². The molecule has 1 aliphatic rings. The lowest BCUT2D eigenvalue weighted by molar-refractivity contribution is -0.137. The molecule has 0 radical (unpaired) electrons. The topological polar surface area (TPSA) is 60.4 Å². The maximum Gasteiger partial charge on any atom is 0.416 e. The van der Waals surface area contributed by atoms with Crippen LogP contribution in [0.3, 0.4) is 0 Å². The van der Waals surface area contributed by atoms with Crippen LogP contribution in [0.15, 0.2) is 41.3 Å². The molecule has 0 atom stereocenters. The van der Waals surface area contributed by atoms with E-state index in [2.05, 4.69) is 4.74 Å². The Bertz CT molecular complexity index is 758. The highest BCUT2D eigenvalue weighted by molar-refractivity contribution is 8.05. The van der Waals surface area contributed by atoms with E-state index in [0.717, 1.165) is 37.5 Å². The van der Waals surface area contributed by atoms with Crippen molar-refractivity contribution in [3.05, 3.63) is 52.4 Å². The van der Waals surface area contributed by atoms with Crippen molar-refractivity contribution >= 4 is 20.7 Å². The van der Waals surface area contributed by atoms with E-state index in [-0.39, 0.29) is 10.5 Å². The van der Waals surface area contributed by atoms with Crippen molar-refractivity contribution in [2.24, 2.45) is 0 Å². The van der Waals surface area contributed by atoms with Crippen LogP contribution in [0.5, 0.6) is 0 Å². The molecule has 8 heteroatoms. The molecule has 2 rings (SSSR count). The van der Waals surface area contributed by atoms with Crippen molar-refractivity contribution in [1.29, 1.82) is 0 Å². The molecule has 0 saturated carbocycles. The molecule has 1 aliphatic heterocycles. The van der Waals surface area contributed by atoms with Gasteiger partial charge in [-0.1, -0.05) is 12.1 Å². The number of carbonyl (C=O) groups excluding carboxylic acids is 1. The van der Waals surface area contributed by atoms with E-state index < -0.39 is 32.5 Å². The Balaban J connectivity index is 2.45. The Hall–Kier alpha value is -2.09. The third-order valence-corrected chi connectivity index (χ3v) is 4.66. The first-order chi connectivity index (χ1) is 9.67. The van der Waals surface area contributed by atoms with Crippen molar-refractivity contribution in [2.45, 2.75) is 6.18 Å². The molecule has 0 saturated heterocycles. The van der Waals surface area contributed by atoms with Crippen LogP contribution in [0.1, 0.15) is 11.1 Å². The largest absolute Gasteiger partial charge is 0.465 e. The number of esters is 1. The smallest absolute Gasteiger partial charge is 0.416 e. The molecule has 0 aliphatic carbocycles. The lowest BCUT2D eigenvalue weighted by atomic mass is 10.1. The number of alkyl halides is 3. The second-order valence-electron chi connectivity index (χ2n) is 4.14. The number of sulfone groups is 1. The van der Waals surface area contributed by atoms with Crippen molar-refractivity contribution in [3.63, 3.8) is 0 Å². The molecule has 0 aromatic heterocycles. The molecular formula is C13H9F3O4S. The van der Waals surface area contributed by atoms with Crippen LogP contribution in [0.2, 0.25) is 0 Å². The van der Waals surface area contributed by atoms with E-state index in [1.807, 2.05) is 0 Å². The third-order valence-electron chi connectivity index (χ3n) is 2.83. The van der Waals surface area contributed by atoms with Gasteiger partial charge in [0.05, 0.1) is 17.6 Å². The van der Waals surface area contributed by atoms with E-state index in [9.17, 15) is 26.4 Å². The molecule has 0 amide bonds. The Kier molecular flexibility index (Phi) is 3.66. The number of hydrogen-bond donors (Lipinski definition) is 0. The minimum atomic E-state index is -4.59. The summed E-state index contributed by atoms with van der Waals surface area (Å²) in [6.07, 6.45) is -2.49. The molecule has 1 heterocycles. The maximum absolute atomic E-state index is 12.7. The first-order valence-electron chi connectivity index (χ1n) is 5.61. The fourth-order valence-electron chi connectivity index (χ4n) is 1.83. The third kappa shape index (κ3) is 2.71. The molecule has 0 N–H and O–H groups in total. The standard InChI is InChI=1S/C13H9F3O4S/c1-20-12(17)11-6-5-10(21(11,18)19)8-3-2-4-9(7-8)13(14,15)16/h2-7H,1H3. The molecule has 0 spiro atoms. The number of allylic oxidation sites excluding steroid dienone is 2. The first kappa shape index (κ1) is 15.3. The highest BCUT2D eigenvalue weighted by atomic mass is 32.2. The Morgan fingerprint density at radius 2 is 1.86 bits per heavy atom. The molecule has 0 bridgehead atoms. The zero-order chi connectivity index (χ0) is 15.8. The highest BCUT2D eigenvalue weighted by Crippen LogP contribution is 2.36. The van der Waals surface area contributed by atoms with Gasteiger partial charge < -0.3 is 4.74 Å². The number of benzene rings is 1. The van der Waals surface area contributed by atoms with Crippen LogP contribution in [0.25, 0.3) is 4.91 Å². The minimum Gasteiger partial charge on any atom is -0.465 e. The molecule has 0 unspecified atom stereocenters. The molecule has 1 aromatic rings. The first-order valence-corrected chi connectivity index (χ1v) is 7.09. The minimum absolute atomic E-state index is 0.139. The predicted octanol–water partition coefficient (Wildman–Crippen LogP) is 2.53. The van der Waals surface area contributed by atoms with E-state index in [4.69, 9.17) is 0 Å². The van der Waals surface area contributed by atoms with Crippen LogP contribution in [-0.4, -0.2) is 21.5 Å². The fraction of sp³-hybridized carbons (Fsp3) is 0.154. The molecule has 112 valence electrons. The van der Waals surface area contributed by atoms with Crippen molar-refractivity contribution < 1.29 is 31.1 Å². The van der Waals surface area contributed by atoms with Gasteiger partial charge >= 0.3 is 12.1 Å². The SMILES string of the molecule is COC(=O)C1=CC=C(c2cccc(C(F)(F)F)c2)S1(=O)=O. The molecule has 0 fully saturated rings. The second-order valence-corrected chi connectivity index (χ2v) is 6.02. The van der Waals surface area contributed by atoms with Crippen molar-refractivity contribution in [3.8, 4) is 0 Å². The summed E-state index contributed by atoms with van der Waals surface area (Å²) in [6, 6.07) is 3.88. The van der Waals surface area contributed by atoms with Gasteiger partial charge in [-0.25, -0.2) is 13.2 Å². The summed E-state index contributed by atoms with van der Waals surface area (Å²) < 4.78 is 66.6. The van der Waals surface area contributed by atoms with Crippen LogP contribution in [-0.2, 0) is 25.5 Å². The molecule has 1 aromatic carbocycles. The summed E-state index contributed by atoms with van der Waals surface area (Å²) in [5.74, 6) is -1.06. The zero-order valence-corrected chi connectivity index (χ0v) is 11.5. The Morgan fingerprint density at radius 1 is 1.19 bits per heavy atom. The van der Waals surface area contributed by atoms with Gasteiger partial charge in [-0.05, 0) is 29.8 Å². The van der Waals surface area contributed by atoms with Gasteiger partial charge in [-0.15, -0.1) is 0 Å². The van der Waals surface area contributed by atoms with Gasteiger partial charge in [0.1, 0.15) is 0 Å². The summed E-state index contributed by atoms with van der Waals surface area (Å²) in [4.78, 5) is 10.4. The van der Waals surface area contributed by atoms with Gasteiger partial charge in [0, 0.05) is 0 Å². The summed E-state index contributed by atoms with van der Waals surface area (Å²) in [5.41, 5.74) is -1.11. The molecule has 21 heavy (non-hydrogen) atoms. The van der Waals surface area contributed by atoms with E-state index in [1.165, 1.54) is 6.07 Å². The summed E-state index contributed by atoms with van der Waals surface area (Å²) in [6.45, 7) is 0. The van der Waals surface area contributed by atoms with E-state index in [0.29, 0.717) is 0 Å². The maximum atomic E-state index is 12.7. The van der Waals surface area contributed by atoms with Crippen LogP contribution in [0.4, 0.5) is 13.2 Å². The average molecular weight is 318 g/mol. The normalized spacial score (nSPS) is 17.1. The lowest BCUT2D eigenvalue weighted by Gasteiger charge is -2.10. The summed E-state index contributed by atoms with van der Waals surface area (Å²) in [7, 11) is -3.16. The number of rotatable bonds is 2. The average Bonchev–Trinajstić information content (AvgIpc) is 2.72. The Labute approximate surface area is 118 Å². The lowest BCUT2D eigenvalue weighted by Crippen LogP contribution is -2.13. The van der Waals surface area contributed by atoms with Crippen molar-refractivity contribution in [2.75, 3.05) is 7.11 Å². The fourth-order valence-corrected chi connectivity index (χ4v) is 3.30. The molecule has 4 nitrogen and oxygen atoms in total. The second kappa shape index (κ2) is 5.03. The van der Waals surface area contributed by atoms with Crippen LogP contribution in [0, 0.1) is 0 Å². The van der Waals surface area contributed by atoms with Crippen LogP contribution < -0.4 is 0 Å². The number of carbonyl (C=O) groups is 1. The predicted molar refractivity (Wildman–Crippen MR) is 68.4 cm³/mol. The summed E-state index contributed by atoms with van der Waals surface area (Å²) in [5, 5.41) is 0. The number of ether oxygens (including phenoxy) is 1. The Morgan fingerprint density at radius 3 is 2.43 bits per heavy atom. The number of methoxy groups -OCH3 is 1. The monoisotopic (exact) mass is 318 g/mol. The van der Waals surface area contributed by atoms with Gasteiger partial charge in [0.2, 0.25) is 9.84 Å². The van der Waals surface area contributed by atoms with E-state index >= 15 is 0 Å². The van der Waals surface area contributed by atoms with Gasteiger partial charge in [0.25, 0.3) is 0 Å². The highest BCUT2D eigenvalue weighted by Gasteiger charge is 2.36. The van der Waals surface area contributed by atoms with Gasteiger partial charge in [-0.3, -0.25) is 0 Å². The van der Waals surface area contributed by atoms with E-state index in [1.54, 1.807) is 0 Å². The van der Waals surface area contributed by atoms with Gasteiger partial charge in [-0.2, -0.15) is 13.2 Å². The van der Waals surface area contributed by atoms with Crippen LogP contribution >= 0.6 is 0 Å². The van der Waals surface area contributed by atoms with Gasteiger partial charge in [0.15, 0.2) is 4.91 Å². The summed E-state index contributed by atoms with van der Waals surface area (Å²) >= 11 is 0.